The predicted octanol–water partition coefficient (Wildman–Crippen LogP) is 1.84. The Labute approximate surface area is 202 Å². The highest BCUT2D eigenvalue weighted by molar-refractivity contribution is 7.66. The molecule has 200 valence electrons. The molecule has 0 aliphatic carbocycles. The maximum absolute atomic E-state index is 12.1. The lowest BCUT2D eigenvalue weighted by Crippen LogP contribution is -2.39. The van der Waals surface area contributed by atoms with Crippen molar-refractivity contribution in [1.29, 1.82) is 0 Å². The minimum atomic E-state index is -5.67. The quantitative estimate of drug-likeness (QED) is 0.0619. The summed E-state index contributed by atoms with van der Waals surface area (Å²) in [4.78, 5) is 41.7. The number of rotatable bonds is 13. The zero-order chi connectivity index (χ0) is 27.2. The molecular formula is C17H30N3O12P3. The lowest BCUT2D eigenvalue weighted by molar-refractivity contribution is -0.0680. The summed E-state index contributed by atoms with van der Waals surface area (Å²) in [5.74, 6) is -0.412. The number of aliphatic imine (C=N–C) groups is 1. The Balaban J connectivity index is 3.17. The number of hydrogen-bond donors (Lipinski definition) is 6. The van der Waals surface area contributed by atoms with Crippen molar-refractivity contribution in [2.24, 2.45) is 16.6 Å². The first-order chi connectivity index (χ1) is 16.0. The van der Waals surface area contributed by atoms with E-state index in [0.717, 1.165) is 6.34 Å². The van der Waals surface area contributed by atoms with Crippen LogP contribution in [0.15, 0.2) is 47.0 Å². The fourth-order valence-corrected chi connectivity index (χ4v) is 6.16. The number of hydrogen-bond acceptors (Lipinski definition) is 10. The molecule has 0 amide bonds. The lowest BCUT2D eigenvalue weighted by Gasteiger charge is -2.30. The van der Waals surface area contributed by atoms with Crippen molar-refractivity contribution >= 4 is 29.8 Å². The molecule has 6 unspecified atom stereocenters. The zero-order valence-corrected chi connectivity index (χ0v) is 21.9. The molecule has 35 heavy (non-hydrogen) atoms. The second-order valence-electron chi connectivity index (χ2n) is 7.26. The number of phosphoric ester groups is 1. The topological polar surface area (TPSA) is 231 Å². The molecule has 0 aromatic heterocycles. The van der Waals surface area contributed by atoms with E-state index in [4.69, 9.17) is 20.3 Å². The molecule has 18 heteroatoms. The highest BCUT2D eigenvalue weighted by Gasteiger charge is 2.47. The summed E-state index contributed by atoms with van der Waals surface area (Å²) in [7, 11) is -16.6. The molecule has 0 saturated carbocycles. The molecule has 0 aromatic rings. The van der Waals surface area contributed by atoms with Crippen molar-refractivity contribution in [2.45, 2.75) is 45.6 Å². The average Bonchev–Trinajstić information content (AvgIpc) is 3.01. The molecule has 0 spiro atoms. The van der Waals surface area contributed by atoms with Gasteiger partial charge >= 0.3 is 23.5 Å². The van der Waals surface area contributed by atoms with E-state index in [-0.39, 0.29) is 5.82 Å². The van der Waals surface area contributed by atoms with Gasteiger partial charge in [-0.3, -0.25) is 9.42 Å². The number of aliphatic hydroxyl groups excluding tert-OH is 1. The van der Waals surface area contributed by atoms with Crippen LogP contribution in [-0.4, -0.2) is 61.0 Å². The Hall–Kier alpha value is -1.40. The molecule has 0 bridgehead atoms. The van der Waals surface area contributed by atoms with Gasteiger partial charge in [-0.15, -0.1) is 5.73 Å². The van der Waals surface area contributed by atoms with Crippen LogP contribution in [0.4, 0.5) is 0 Å². The van der Waals surface area contributed by atoms with Crippen molar-refractivity contribution in [3.8, 4) is 0 Å². The third-order valence-corrected chi connectivity index (χ3v) is 8.54. The SMILES string of the molecule is C=C=CN(/C(N=CN)=C(\C)C(=C)C)C1OC(COP(=O)(O)OP(=O)(O)OP(=O)(O)O)C(CC)C1O. The Morgan fingerprint density at radius 3 is 2.26 bits per heavy atom. The molecule has 1 heterocycles. The van der Waals surface area contributed by atoms with Gasteiger partial charge in [0.2, 0.25) is 0 Å². The van der Waals surface area contributed by atoms with Crippen molar-refractivity contribution in [3.63, 3.8) is 0 Å². The van der Waals surface area contributed by atoms with Gasteiger partial charge in [-0.2, -0.15) is 8.62 Å². The third-order valence-electron chi connectivity index (χ3n) is 4.73. The van der Waals surface area contributed by atoms with Crippen molar-refractivity contribution < 1.29 is 56.3 Å². The summed E-state index contributed by atoms with van der Waals surface area (Å²) in [6.07, 6.45) is -0.667. The van der Waals surface area contributed by atoms with Crippen LogP contribution in [0.2, 0.25) is 0 Å². The highest BCUT2D eigenvalue weighted by Crippen LogP contribution is 2.66. The van der Waals surface area contributed by atoms with Crippen LogP contribution in [0.1, 0.15) is 27.2 Å². The smallest absolute Gasteiger partial charge is 0.390 e. The molecule has 1 saturated heterocycles. The Morgan fingerprint density at radius 2 is 1.80 bits per heavy atom. The van der Waals surface area contributed by atoms with Gasteiger partial charge in [0.1, 0.15) is 11.9 Å². The molecule has 6 atom stereocenters. The lowest BCUT2D eigenvalue weighted by atomic mass is 9.95. The third kappa shape index (κ3) is 9.53. The van der Waals surface area contributed by atoms with Crippen molar-refractivity contribution in [1.82, 2.24) is 4.90 Å². The van der Waals surface area contributed by atoms with Crippen LogP contribution in [0.25, 0.3) is 0 Å². The summed E-state index contributed by atoms with van der Waals surface area (Å²) >= 11 is 0. The predicted molar refractivity (Wildman–Crippen MR) is 124 cm³/mol. The number of allylic oxidation sites excluding steroid dienone is 2. The highest BCUT2D eigenvalue weighted by atomic mass is 31.3. The fraction of sp³-hybridized carbons (Fsp3) is 0.529. The van der Waals surface area contributed by atoms with Gasteiger partial charge in [0, 0.05) is 5.92 Å². The van der Waals surface area contributed by atoms with E-state index in [0.29, 0.717) is 17.6 Å². The van der Waals surface area contributed by atoms with Crippen LogP contribution in [0.5, 0.6) is 0 Å². The molecule has 1 aliphatic heterocycles. The Kier molecular flexibility index (Phi) is 11.5. The normalized spacial score (nSPS) is 27.0. The summed E-state index contributed by atoms with van der Waals surface area (Å²) < 4.78 is 52.2. The maximum atomic E-state index is 12.1. The molecule has 0 aromatic carbocycles. The molecule has 1 fully saturated rings. The van der Waals surface area contributed by atoms with Crippen LogP contribution in [0, 0.1) is 5.92 Å². The van der Waals surface area contributed by atoms with E-state index in [1.807, 2.05) is 0 Å². The van der Waals surface area contributed by atoms with Gasteiger partial charge in [0.25, 0.3) is 0 Å². The van der Waals surface area contributed by atoms with Crippen LogP contribution < -0.4 is 5.73 Å². The molecule has 1 aliphatic rings. The number of ether oxygens (including phenoxy) is 1. The van der Waals surface area contributed by atoms with Gasteiger partial charge in [-0.25, -0.2) is 18.7 Å². The summed E-state index contributed by atoms with van der Waals surface area (Å²) in [5, 5.41) is 10.9. The average molecular weight is 561 g/mol. The fourth-order valence-electron chi connectivity index (χ4n) is 3.13. The number of nitrogens with zero attached hydrogens (tertiary/aromatic N) is 2. The molecular weight excluding hydrogens is 531 g/mol. The van der Waals surface area contributed by atoms with Crippen molar-refractivity contribution in [2.75, 3.05) is 6.61 Å². The van der Waals surface area contributed by atoms with Gasteiger partial charge in [-0.05, 0) is 25.8 Å². The molecule has 1 rings (SSSR count). The van der Waals surface area contributed by atoms with Gasteiger partial charge in [0.15, 0.2) is 6.23 Å². The van der Waals surface area contributed by atoms with E-state index in [2.05, 4.69) is 37.0 Å². The second kappa shape index (κ2) is 12.7. The van der Waals surface area contributed by atoms with E-state index < -0.39 is 54.4 Å². The second-order valence-corrected chi connectivity index (χ2v) is 11.7. The number of phosphoric acid groups is 3. The van der Waals surface area contributed by atoms with Gasteiger partial charge in [0.05, 0.1) is 25.2 Å². The van der Waals surface area contributed by atoms with Crippen LogP contribution in [-0.2, 0) is 31.6 Å². The van der Waals surface area contributed by atoms with Crippen LogP contribution in [0.3, 0.4) is 0 Å². The maximum Gasteiger partial charge on any atom is 0.490 e. The summed E-state index contributed by atoms with van der Waals surface area (Å²) in [6, 6.07) is 0. The Bertz CT molecular complexity index is 1030. The minimum absolute atomic E-state index is 0.253. The van der Waals surface area contributed by atoms with E-state index >= 15 is 0 Å². The molecule has 0 radical (unpaired) electrons. The van der Waals surface area contributed by atoms with E-state index in [1.165, 1.54) is 11.1 Å². The van der Waals surface area contributed by atoms with Crippen molar-refractivity contribution in [3.05, 3.63) is 42.1 Å². The number of nitrogens with two attached hydrogens (primary N) is 1. The summed E-state index contributed by atoms with van der Waals surface area (Å²) in [6.45, 7) is 11.8. The standard InChI is InChI=1S/C17H30N3O12P3/c1-6-8-20(16(19-10-18)12(5)11(3)4)17-15(21)13(7-2)14(30-17)9-29-34(25,26)32-35(27,28)31-33(22,23)24/h8,10,13-15,17,21H,1,3,7,9H2,2,4-5H3,(H2,18,19)(H,25,26)(H,27,28)(H2,22,23,24)/b16-12+. The van der Waals surface area contributed by atoms with Crippen LogP contribution >= 0.6 is 23.5 Å². The minimum Gasteiger partial charge on any atom is -0.390 e. The van der Waals surface area contributed by atoms with Gasteiger partial charge < -0.3 is 35.2 Å². The largest absolute Gasteiger partial charge is 0.490 e. The summed E-state index contributed by atoms with van der Waals surface area (Å²) in [5.41, 5.74) is 9.26. The first-order valence-corrected chi connectivity index (χ1v) is 14.4. The first kappa shape index (κ1) is 31.6. The van der Waals surface area contributed by atoms with E-state index in [9.17, 15) is 28.6 Å². The Morgan fingerprint density at radius 1 is 1.20 bits per heavy atom. The monoisotopic (exact) mass is 561 g/mol. The first-order valence-electron chi connectivity index (χ1n) is 9.85. The van der Waals surface area contributed by atoms with Gasteiger partial charge in [-0.1, -0.05) is 25.7 Å². The number of aliphatic hydroxyl groups is 1. The molecule has 15 nitrogen and oxygen atoms in total. The zero-order valence-electron chi connectivity index (χ0n) is 19.2. The molecule has 7 N–H and O–H groups in total. The van der Waals surface area contributed by atoms with E-state index in [1.54, 1.807) is 20.8 Å².